The van der Waals surface area contributed by atoms with Crippen LogP contribution in [0.15, 0.2) is 82.4 Å². The predicted molar refractivity (Wildman–Crippen MR) is 158 cm³/mol. The molecule has 3 aromatic carbocycles. The Kier molecular flexibility index (Phi) is 7.86. The van der Waals surface area contributed by atoms with E-state index in [1.165, 1.54) is 22.3 Å². The van der Waals surface area contributed by atoms with Gasteiger partial charge >= 0.3 is 0 Å². The minimum Gasteiger partial charge on any atom is -0.490 e. The molecule has 2 aliphatic heterocycles. The quantitative estimate of drug-likeness (QED) is 0.240. The van der Waals surface area contributed by atoms with E-state index in [1.807, 2.05) is 49.4 Å². The molecule has 0 unspecified atom stereocenters. The number of hydrogen-bond donors (Lipinski definition) is 1. The van der Waals surface area contributed by atoms with Gasteiger partial charge in [-0.15, -0.1) is 0 Å². The molecule has 0 aromatic heterocycles. The molecule has 0 bridgehead atoms. The fourth-order valence-corrected chi connectivity index (χ4v) is 5.33. The Morgan fingerprint density at radius 1 is 1.05 bits per heavy atom. The van der Waals surface area contributed by atoms with Gasteiger partial charge in [0.05, 0.1) is 10.6 Å². The standard InChI is InChI=1S/C30H27ClN4O3S/c1-18(2)22-13-8-19(3)16-26(22)38-15-14-37-21-11-9-20(10-12-21)17-24-27(32)35-30(33-28(24)36)39-29(34-35)23-6-4-5-7-25(23)31/h4-13,16-18,32H,14-15H2,1-3H3. The molecule has 2 aliphatic rings. The maximum absolute atomic E-state index is 12.8. The third kappa shape index (κ3) is 5.92. The highest BCUT2D eigenvalue weighted by molar-refractivity contribution is 8.27. The number of aryl methyl sites for hydroxylation is 1. The van der Waals surface area contributed by atoms with Crippen LogP contribution in [-0.4, -0.2) is 40.2 Å². The van der Waals surface area contributed by atoms with Gasteiger partial charge in [-0.3, -0.25) is 10.2 Å². The second-order valence-electron chi connectivity index (χ2n) is 9.37. The summed E-state index contributed by atoms with van der Waals surface area (Å²) in [5, 5.41) is 15.9. The van der Waals surface area contributed by atoms with Crippen LogP contribution < -0.4 is 9.47 Å². The summed E-state index contributed by atoms with van der Waals surface area (Å²) >= 11 is 7.52. The van der Waals surface area contributed by atoms with Gasteiger partial charge in [0.25, 0.3) is 5.91 Å². The van der Waals surface area contributed by atoms with Crippen molar-refractivity contribution >= 4 is 51.4 Å². The number of benzene rings is 3. The minimum atomic E-state index is -0.483. The van der Waals surface area contributed by atoms with Gasteiger partial charge in [0, 0.05) is 5.56 Å². The molecule has 0 spiro atoms. The van der Waals surface area contributed by atoms with Crippen LogP contribution in [0, 0.1) is 12.3 Å². The minimum absolute atomic E-state index is 0.0334. The molecule has 1 N–H and O–H groups in total. The molecule has 0 atom stereocenters. The molecule has 1 amide bonds. The van der Waals surface area contributed by atoms with E-state index in [0.29, 0.717) is 40.1 Å². The van der Waals surface area contributed by atoms with Crippen LogP contribution >= 0.6 is 23.4 Å². The number of nitrogens with one attached hydrogen (secondary N) is 1. The Bertz CT molecular complexity index is 1530. The lowest BCUT2D eigenvalue weighted by Crippen LogP contribution is -2.35. The topological polar surface area (TPSA) is 87.3 Å². The van der Waals surface area contributed by atoms with E-state index in [-0.39, 0.29) is 11.4 Å². The Morgan fingerprint density at radius 2 is 1.79 bits per heavy atom. The monoisotopic (exact) mass is 558 g/mol. The molecule has 0 fully saturated rings. The van der Waals surface area contributed by atoms with Crippen molar-refractivity contribution in [2.75, 3.05) is 13.2 Å². The maximum Gasteiger partial charge on any atom is 0.283 e. The smallest absolute Gasteiger partial charge is 0.283 e. The lowest BCUT2D eigenvalue weighted by Gasteiger charge is -2.20. The number of thioether (sulfide) groups is 1. The van der Waals surface area contributed by atoms with Crippen LogP contribution in [0.3, 0.4) is 0 Å². The summed E-state index contributed by atoms with van der Waals surface area (Å²) in [5.74, 6) is 1.43. The van der Waals surface area contributed by atoms with E-state index < -0.39 is 5.91 Å². The largest absolute Gasteiger partial charge is 0.490 e. The third-order valence-electron chi connectivity index (χ3n) is 6.15. The van der Waals surface area contributed by atoms with Crippen molar-refractivity contribution in [1.29, 1.82) is 5.41 Å². The van der Waals surface area contributed by atoms with Gasteiger partial charge in [0.15, 0.2) is 5.84 Å². The van der Waals surface area contributed by atoms with Crippen LogP contribution in [0.25, 0.3) is 6.08 Å². The van der Waals surface area contributed by atoms with Crippen LogP contribution in [-0.2, 0) is 4.79 Å². The summed E-state index contributed by atoms with van der Waals surface area (Å²) < 4.78 is 11.8. The van der Waals surface area contributed by atoms with E-state index in [2.05, 4.69) is 42.1 Å². The maximum atomic E-state index is 12.8. The highest BCUT2D eigenvalue weighted by atomic mass is 35.5. The highest BCUT2D eigenvalue weighted by Gasteiger charge is 2.36. The van der Waals surface area contributed by atoms with Gasteiger partial charge in [-0.05, 0) is 71.6 Å². The second kappa shape index (κ2) is 11.5. The molecule has 0 saturated carbocycles. The number of ether oxygens (including phenoxy) is 2. The van der Waals surface area contributed by atoms with Gasteiger partial charge in [-0.2, -0.15) is 15.1 Å². The number of nitrogens with zero attached hydrogens (tertiary/aromatic N) is 3. The summed E-state index contributed by atoms with van der Waals surface area (Å²) in [4.78, 5) is 16.9. The van der Waals surface area contributed by atoms with Crippen LogP contribution in [0.1, 0.15) is 42.0 Å². The van der Waals surface area contributed by atoms with Crippen molar-refractivity contribution in [3.8, 4) is 11.5 Å². The zero-order valence-electron chi connectivity index (χ0n) is 21.8. The van der Waals surface area contributed by atoms with E-state index in [9.17, 15) is 4.79 Å². The van der Waals surface area contributed by atoms with Gasteiger partial charge in [-0.25, -0.2) is 0 Å². The Balaban J connectivity index is 1.22. The average Bonchev–Trinajstić information content (AvgIpc) is 3.34. The normalized spacial score (nSPS) is 15.9. The van der Waals surface area contributed by atoms with E-state index >= 15 is 0 Å². The lowest BCUT2D eigenvalue weighted by molar-refractivity contribution is -0.114. The Morgan fingerprint density at radius 3 is 2.54 bits per heavy atom. The molecule has 2 heterocycles. The number of carbonyl (C=O) groups excluding carboxylic acids is 1. The molecule has 5 rings (SSSR count). The van der Waals surface area contributed by atoms with Crippen LogP contribution in [0.4, 0.5) is 0 Å². The van der Waals surface area contributed by atoms with Crippen LogP contribution in [0.5, 0.6) is 11.5 Å². The van der Waals surface area contributed by atoms with Gasteiger partial charge in [-0.1, -0.05) is 67.9 Å². The van der Waals surface area contributed by atoms with Crippen molar-refractivity contribution < 1.29 is 14.3 Å². The molecule has 9 heteroatoms. The van der Waals surface area contributed by atoms with Gasteiger partial charge in [0.1, 0.15) is 29.8 Å². The highest BCUT2D eigenvalue weighted by Crippen LogP contribution is 2.33. The van der Waals surface area contributed by atoms with Crippen molar-refractivity contribution in [2.45, 2.75) is 26.7 Å². The zero-order valence-corrected chi connectivity index (χ0v) is 23.3. The third-order valence-corrected chi connectivity index (χ3v) is 7.42. The number of carbonyl (C=O) groups is 1. The number of hydrogen-bond acceptors (Lipinski definition) is 6. The number of amidine groups is 2. The molecule has 7 nitrogen and oxygen atoms in total. The van der Waals surface area contributed by atoms with Gasteiger partial charge in [0.2, 0.25) is 5.17 Å². The van der Waals surface area contributed by atoms with Crippen molar-refractivity contribution in [3.63, 3.8) is 0 Å². The number of hydrazone groups is 1. The predicted octanol–water partition coefficient (Wildman–Crippen LogP) is 6.90. The first kappa shape index (κ1) is 26.7. The molecule has 198 valence electrons. The first-order chi connectivity index (χ1) is 18.8. The molecule has 0 saturated heterocycles. The van der Waals surface area contributed by atoms with E-state index in [1.54, 1.807) is 12.1 Å². The summed E-state index contributed by atoms with van der Waals surface area (Å²) in [6.07, 6.45) is 1.64. The average molecular weight is 559 g/mol. The number of amides is 1. The van der Waals surface area contributed by atoms with E-state index in [0.717, 1.165) is 22.4 Å². The summed E-state index contributed by atoms with van der Waals surface area (Å²) in [6.45, 7) is 7.16. The Hall–Kier alpha value is -3.88. The van der Waals surface area contributed by atoms with E-state index in [4.69, 9.17) is 26.5 Å². The van der Waals surface area contributed by atoms with Crippen LogP contribution in [0.2, 0.25) is 5.02 Å². The lowest BCUT2D eigenvalue weighted by atomic mass is 10.0. The number of aliphatic imine (C=N–C) groups is 1. The molecule has 39 heavy (non-hydrogen) atoms. The first-order valence-corrected chi connectivity index (χ1v) is 13.7. The van der Waals surface area contributed by atoms with Crippen molar-refractivity contribution in [2.24, 2.45) is 10.1 Å². The summed E-state index contributed by atoms with van der Waals surface area (Å²) in [5.41, 5.74) is 3.96. The summed E-state index contributed by atoms with van der Waals surface area (Å²) in [7, 11) is 0. The molecular formula is C30H27ClN4O3S. The molecule has 0 aliphatic carbocycles. The van der Waals surface area contributed by atoms with Crippen molar-refractivity contribution in [1.82, 2.24) is 5.01 Å². The SMILES string of the molecule is Cc1ccc(C(C)C)c(OCCOc2ccc(C=C3C(=N)N4N=C(c5ccccc5Cl)SC4=NC3=O)cc2)c1. The molecule has 3 aromatic rings. The summed E-state index contributed by atoms with van der Waals surface area (Å²) in [6, 6.07) is 20.9. The zero-order chi connectivity index (χ0) is 27.5. The molecule has 0 radical (unpaired) electrons. The molecular weight excluding hydrogens is 532 g/mol. The van der Waals surface area contributed by atoms with Crippen molar-refractivity contribution in [3.05, 3.63) is 99.6 Å². The fourth-order valence-electron chi connectivity index (χ4n) is 4.12. The first-order valence-electron chi connectivity index (χ1n) is 12.5. The van der Waals surface area contributed by atoms with Gasteiger partial charge < -0.3 is 9.47 Å². The fraction of sp³-hybridized carbons (Fsp3) is 0.200. The second-order valence-corrected chi connectivity index (χ2v) is 10.7. The number of halogens is 1. The number of rotatable bonds is 8. The Labute approximate surface area is 236 Å². The number of fused-ring (bicyclic) bond motifs is 1.